The van der Waals surface area contributed by atoms with E-state index in [-0.39, 0.29) is 107 Å². The van der Waals surface area contributed by atoms with Gasteiger partial charge in [-0.3, -0.25) is 27.9 Å². The fourth-order valence-electron chi connectivity index (χ4n) is 11.3. The number of carbonyl (C=O) groups excluding carboxylic acids is 2. The molecule has 2 aliphatic rings. The molecule has 0 saturated carbocycles. The Morgan fingerprint density at radius 1 is 0.646 bits per heavy atom. The Morgan fingerprint density at radius 3 is 1.82 bits per heavy atom. The van der Waals surface area contributed by atoms with Crippen molar-refractivity contribution in [2.24, 2.45) is 0 Å². The van der Waals surface area contributed by atoms with Crippen LogP contribution in [0.5, 0.6) is 11.8 Å². The van der Waals surface area contributed by atoms with E-state index in [1.54, 1.807) is 48.5 Å². The van der Waals surface area contributed by atoms with Crippen molar-refractivity contribution in [2.45, 2.75) is 58.2 Å². The molecule has 0 atom stereocenters. The number of anilines is 3. The summed E-state index contributed by atoms with van der Waals surface area (Å²) in [6.07, 6.45) is 6.02. The lowest BCUT2D eigenvalue weighted by molar-refractivity contribution is -0.137. The van der Waals surface area contributed by atoms with Crippen LogP contribution >= 0.6 is 7.82 Å². The van der Waals surface area contributed by atoms with Gasteiger partial charge in [0.1, 0.15) is 30.5 Å². The number of carbonyl (C=O) groups is 2. The first kappa shape index (κ1) is 66.2. The van der Waals surface area contributed by atoms with E-state index < -0.39 is 58.1 Å². The standard InChI is InChI=1S/C71H68F3N10O10PS/c1-3-81(2)96(88,89)80-61-27-26-59(72)65(66(61)74)67(86)58-44-76-68-57(58)38-54(41-75-68)55-42-77-70(78-43-55)84-36-34-83(35-37-84)64(85)40-71(94-95(87,92-47-51-20-12-6-13-21-51)93-48-52-22-14-7-15-23-52)30-32-82(33-31-71)62-28-24-53(39-60(62)73)56-25-29-63(90-45-49-16-8-4-9-17-49)79-69(56)91-46-50-18-10-5-11-19-50/h4-29,38-39,41-44,80H,3,30-37,40,45-48H2,1-2H3,(H,75,76). The highest BCUT2D eigenvalue weighted by atomic mass is 32.2. The zero-order valence-corrected chi connectivity index (χ0v) is 54.2. The number of nitrogens with zero attached hydrogens (tertiary/aromatic N) is 8. The molecule has 494 valence electrons. The first-order valence-electron chi connectivity index (χ1n) is 31.2. The largest absolute Gasteiger partial charge is 0.475 e. The van der Waals surface area contributed by atoms with E-state index in [1.165, 1.54) is 25.5 Å². The zero-order valence-electron chi connectivity index (χ0n) is 52.5. The first-order valence-corrected chi connectivity index (χ1v) is 34.1. The van der Waals surface area contributed by atoms with Crippen LogP contribution in [0.2, 0.25) is 0 Å². The van der Waals surface area contributed by atoms with Crippen molar-refractivity contribution in [3.63, 3.8) is 0 Å². The molecule has 1 amide bonds. The van der Waals surface area contributed by atoms with E-state index >= 15 is 17.7 Å². The van der Waals surface area contributed by atoms with Gasteiger partial charge < -0.3 is 29.2 Å². The zero-order chi connectivity index (χ0) is 66.8. The number of aromatic amines is 1. The molecule has 0 unspecified atom stereocenters. The van der Waals surface area contributed by atoms with Gasteiger partial charge in [-0.05, 0) is 77.1 Å². The number of halogens is 3. The third-order valence-corrected chi connectivity index (χ3v) is 19.9. The minimum Gasteiger partial charge on any atom is -0.473 e. The molecule has 2 fully saturated rings. The average Bonchev–Trinajstić information content (AvgIpc) is 1.84. The van der Waals surface area contributed by atoms with Crippen LogP contribution in [-0.4, -0.2) is 113 Å². The Hall–Kier alpha value is -9.81. The van der Waals surface area contributed by atoms with E-state index in [4.69, 9.17) is 28.0 Å². The molecule has 2 saturated heterocycles. The highest BCUT2D eigenvalue weighted by molar-refractivity contribution is 7.90. The van der Waals surface area contributed by atoms with Crippen LogP contribution in [0.15, 0.2) is 195 Å². The maximum absolute atomic E-state index is 16.8. The number of phosphoric ester groups is 1. The summed E-state index contributed by atoms with van der Waals surface area (Å²) in [7, 11) is -7.41. The molecule has 0 aliphatic carbocycles. The number of ether oxygens (including phenoxy) is 2. The fourth-order valence-corrected chi connectivity index (χ4v) is 13.8. The number of piperazine rings is 1. The van der Waals surface area contributed by atoms with Crippen molar-refractivity contribution >= 4 is 58.1 Å². The maximum atomic E-state index is 16.8. The number of hydrogen-bond donors (Lipinski definition) is 2. The number of H-pyrrole nitrogens is 1. The lowest BCUT2D eigenvalue weighted by Gasteiger charge is -2.44. The number of benzene rings is 6. The molecule has 0 radical (unpaired) electrons. The van der Waals surface area contributed by atoms with E-state index in [0.717, 1.165) is 38.7 Å². The van der Waals surface area contributed by atoms with Crippen LogP contribution in [0.3, 0.4) is 0 Å². The van der Waals surface area contributed by atoms with Gasteiger partial charge in [0.2, 0.25) is 29.4 Å². The van der Waals surface area contributed by atoms with Crippen molar-refractivity contribution in [3.8, 4) is 34.0 Å². The van der Waals surface area contributed by atoms with Gasteiger partial charge in [-0.1, -0.05) is 134 Å². The van der Waals surface area contributed by atoms with Crippen LogP contribution in [-0.2, 0) is 59.6 Å². The van der Waals surface area contributed by atoms with E-state index in [2.05, 4.69) is 24.7 Å². The molecule has 25 heteroatoms. The van der Waals surface area contributed by atoms with Crippen molar-refractivity contribution < 1.29 is 58.8 Å². The molecular weight excluding hydrogens is 1270 g/mol. The molecular formula is C71H68F3N10O10PS. The van der Waals surface area contributed by atoms with E-state index in [0.29, 0.717) is 52.9 Å². The Morgan fingerprint density at radius 2 is 1.23 bits per heavy atom. The molecule has 6 aromatic carbocycles. The number of ketones is 1. The number of aromatic nitrogens is 5. The first-order chi connectivity index (χ1) is 46.5. The second-order valence-electron chi connectivity index (χ2n) is 23.2. The monoisotopic (exact) mass is 1340 g/mol. The van der Waals surface area contributed by atoms with Crippen molar-refractivity contribution in [2.75, 3.05) is 67.4 Å². The van der Waals surface area contributed by atoms with Crippen LogP contribution in [0.1, 0.15) is 64.4 Å². The molecule has 2 aliphatic heterocycles. The van der Waals surface area contributed by atoms with Crippen LogP contribution < -0.4 is 24.0 Å². The number of phosphoric acid groups is 1. The summed E-state index contributed by atoms with van der Waals surface area (Å²) in [4.78, 5) is 55.6. The van der Waals surface area contributed by atoms with Gasteiger partial charge in [0, 0.05) is 111 Å². The lowest BCUT2D eigenvalue weighted by Crippen LogP contribution is -2.53. The summed E-state index contributed by atoms with van der Waals surface area (Å²) < 4.78 is 123. The predicted molar refractivity (Wildman–Crippen MR) is 358 cm³/mol. The molecule has 2 N–H and O–H groups in total. The second-order valence-corrected chi connectivity index (χ2v) is 26.6. The number of rotatable bonds is 26. The van der Waals surface area contributed by atoms with E-state index in [1.807, 2.05) is 137 Å². The van der Waals surface area contributed by atoms with Gasteiger partial charge in [0.15, 0.2) is 5.82 Å². The number of fused-ring (bicyclic) bond motifs is 1. The Balaban J connectivity index is 0.746. The Bertz CT molecular complexity index is 4490. The normalized spacial score (nSPS) is 14.2. The smallest absolute Gasteiger partial charge is 0.473 e. The van der Waals surface area contributed by atoms with Gasteiger partial charge in [0.05, 0.1) is 42.2 Å². The molecule has 6 heterocycles. The van der Waals surface area contributed by atoms with Crippen LogP contribution in [0.25, 0.3) is 33.3 Å². The number of nitrogens with one attached hydrogen (secondary N) is 2. The van der Waals surface area contributed by atoms with Gasteiger partial charge in [-0.25, -0.2) is 32.7 Å². The Labute approximate surface area is 553 Å². The van der Waals surface area contributed by atoms with Gasteiger partial charge in [-0.2, -0.15) is 17.7 Å². The summed E-state index contributed by atoms with van der Waals surface area (Å²) in [5, 5.41) is 0.236. The van der Waals surface area contributed by atoms with Crippen molar-refractivity contribution in [3.05, 3.63) is 245 Å². The molecule has 4 aromatic heterocycles. The highest BCUT2D eigenvalue weighted by Gasteiger charge is 2.47. The minimum atomic E-state index is -4.48. The van der Waals surface area contributed by atoms with Crippen molar-refractivity contribution in [1.82, 2.24) is 34.1 Å². The molecule has 0 spiro atoms. The van der Waals surface area contributed by atoms with E-state index in [9.17, 15) is 18.0 Å². The third kappa shape index (κ3) is 15.6. The third-order valence-electron chi connectivity index (χ3n) is 16.9. The number of piperidine rings is 1. The molecule has 0 bridgehead atoms. The van der Waals surface area contributed by atoms with Gasteiger partial charge in [-0.15, -0.1) is 0 Å². The summed E-state index contributed by atoms with van der Waals surface area (Å²) >= 11 is 0. The van der Waals surface area contributed by atoms with Gasteiger partial charge in [0.25, 0.3) is 0 Å². The topological polar surface area (TPSA) is 224 Å². The Kier molecular flexibility index (Phi) is 20.3. The van der Waals surface area contributed by atoms with Gasteiger partial charge >= 0.3 is 18.0 Å². The predicted octanol–water partition coefficient (Wildman–Crippen LogP) is 13.1. The highest BCUT2D eigenvalue weighted by Crippen LogP contribution is 2.57. The number of hydrogen-bond acceptors (Lipinski definition) is 16. The number of pyridine rings is 2. The SMILES string of the molecule is CCN(C)S(=O)(=O)Nc1ccc(F)c(C(=O)c2c[nH]c3ncc(-c4cnc(N5CCN(C(=O)CC6(OP(=O)(OCc7ccccc7)OCc7ccccc7)CCN(c7ccc(-c8ccc(OCc9ccccc9)nc8OCc8ccccc8)cc7F)CC6)CC5)nc4)cc23)c1F. The lowest BCUT2D eigenvalue weighted by atomic mass is 9.87. The quantitative estimate of drug-likeness (QED) is 0.0380. The molecule has 96 heavy (non-hydrogen) atoms. The molecule has 20 nitrogen and oxygen atoms in total. The summed E-state index contributed by atoms with van der Waals surface area (Å²) in [5.74, 6) is -3.40. The molecule has 12 rings (SSSR count). The van der Waals surface area contributed by atoms with Crippen LogP contribution in [0, 0.1) is 17.5 Å². The second kappa shape index (κ2) is 29.4. The van der Waals surface area contributed by atoms with Crippen molar-refractivity contribution in [1.29, 1.82) is 0 Å². The van der Waals surface area contributed by atoms with Crippen LogP contribution in [0.4, 0.5) is 30.5 Å². The average molecular weight is 1340 g/mol. The maximum Gasteiger partial charge on any atom is 0.475 e. The summed E-state index contributed by atoms with van der Waals surface area (Å²) in [5.41, 5.74) is 2.90. The molecule has 10 aromatic rings. The summed E-state index contributed by atoms with van der Waals surface area (Å²) in [6, 6.07) is 49.6. The minimum absolute atomic E-state index is 0.0697. The fraction of sp³-hybridized carbons (Fsp3) is 0.239. The summed E-state index contributed by atoms with van der Waals surface area (Å²) in [6.45, 7) is 3.56. The number of amides is 1.